The largest absolute Gasteiger partial charge is 0.377 e. The highest BCUT2D eigenvalue weighted by atomic mass is 16.5. The fourth-order valence-corrected chi connectivity index (χ4v) is 3.06. The molecule has 0 aromatic rings. The van der Waals surface area contributed by atoms with Crippen molar-refractivity contribution in [2.45, 2.75) is 44.4 Å². The minimum Gasteiger partial charge on any atom is -0.377 e. The van der Waals surface area contributed by atoms with Crippen molar-refractivity contribution in [1.82, 2.24) is 10.2 Å². The molecule has 1 heterocycles. The number of hydrogen-bond acceptors (Lipinski definition) is 4. The summed E-state index contributed by atoms with van der Waals surface area (Å²) in [6.45, 7) is 6.45. The van der Waals surface area contributed by atoms with Gasteiger partial charge < -0.3 is 19.7 Å². The number of rotatable bonds is 6. The summed E-state index contributed by atoms with van der Waals surface area (Å²) < 4.78 is 11.2. The normalized spacial score (nSPS) is 34.5. The standard InChI is InChI=1S/C14H28N2O2/c1-4-18-13-9-12(14(13)17-3)15-10-11-5-7-16(2)8-6-11/h11-15H,4-10H2,1-3H3. The monoisotopic (exact) mass is 256 g/mol. The number of nitrogens with one attached hydrogen (secondary N) is 1. The smallest absolute Gasteiger partial charge is 0.0986 e. The molecule has 2 rings (SSSR count). The van der Waals surface area contributed by atoms with Crippen LogP contribution in [0.3, 0.4) is 0 Å². The molecule has 0 spiro atoms. The SMILES string of the molecule is CCOC1CC(NCC2CCN(C)CC2)C1OC. The van der Waals surface area contributed by atoms with Gasteiger partial charge in [-0.05, 0) is 58.8 Å². The Kier molecular flexibility index (Phi) is 5.42. The van der Waals surface area contributed by atoms with Crippen molar-refractivity contribution >= 4 is 0 Å². The average molecular weight is 256 g/mol. The molecule has 1 N–H and O–H groups in total. The summed E-state index contributed by atoms with van der Waals surface area (Å²) in [6, 6.07) is 0.492. The van der Waals surface area contributed by atoms with Gasteiger partial charge >= 0.3 is 0 Å². The lowest BCUT2D eigenvalue weighted by Crippen LogP contribution is -2.60. The van der Waals surface area contributed by atoms with E-state index in [-0.39, 0.29) is 6.10 Å². The van der Waals surface area contributed by atoms with Crippen LogP contribution in [0, 0.1) is 5.92 Å². The number of ether oxygens (including phenoxy) is 2. The van der Waals surface area contributed by atoms with Crippen LogP contribution in [0.1, 0.15) is 26.2 Å². The Morgan fingerprint density at radius 2 is 2.00 bits per heavy atom. The molecule has 0 amide bonds. The predicted molar refractivity (Wildman–Crippen MR) is 72.8 cm³/mol. The van der Waals surface area contributed by atoms with E-state index in [0.717, 1.165) is 25.5 Å². The lowest BCUT2D eigenvalue weighted by atomic mass is 9.84. The minimum atomic E-state index is 0.246. The van der Waals surface area contributed by atoms with Crippen LogP contribution in [0.15, 0.2) is 0 Å². The number of hydrogen-bond donors (Lipinski definition) is 1. The Bertz CT molecular complexity index is 242. The summed E-state index contributed by atoms with van der Waals surface area (Å²) in [5.74, 6) is 0.838. The maximum Gasteiger partial charge on any atom is 0.0986 e. The van der Waals surface area contributed by atoms with E-state index in [1.54, 1.807) is 7.11 Å². The van der Waals surface area contributed by atoms with Gasteiger partial charge in [-0.25, -0.2) is 0 Å². The van der Waals surface area contributed by atoms with E-state index in [1.165, 1.54) is 25.9 Å². The van der Waals surface area contributed by atoms with E-state index >= 15 is 0 Å². The highest BCUT2D eigenvalue weighted by Crippen LogP contribution is 2.27. The summed E-state index contributed by atoms with van der Waals surface area (Å²) in [6.07, 6.45) is 4.29. The van der Waals surface area contributed by atoms with Crippen molar-refractivity contribution in [3.8, 4) is 0 Å². The maximum atomic E-state index is 5.65. The van der Waals surface area contributed by atoms with Gasteiger partial charge in [-0.1, -0.05) is 0 Å². The van der Waals surface area contributed by atoms with Crippen molar-refractivity contribution < 1.29 is 9.47 Å². The van der Waals surface area contributed by atoms with Gasteiger partial charge in [0, 0.05) is 19.8 Å². The average Bonchev–Trinajstić information content (AvgIpc) is 2.35. The molecular weight excluding hydrogens is 228 g/mol. The van der Waals surface area contributed by atoms with Gasteiger partial charge in [0.1, 0.15) is 0 Å². The molecule has 4 heteroatoms. The molecule has 106 valence electrons. The molecule has 1 saturated heterocycles. The highest BCUT2D eigenvalue weighted by Gasteiger charge is 2.41. The third kappa shape index (κ3) is 3.44. The van der Waals surface area contributed by atoms with Crippen LogP contribution in [0.5, 0.6) is 0 Å². The molecule has 1 saturated carbocycles. The second-order valence-corrected chi connectivity index (χ2v) is 5.69. The fourth-order valence-electron chi connectivity index (χ4n) is 3.06. The van der Waals surface area contributed by atoms with Crippen molar-refractivity contribution in [2.75, 3.05) is 40.4 Å². The third-order valence-corrected chi connectivity index (χ3v) is 4.41. The molecule has 1 aliphatic heterocycles. The van der Waals surface area contributed by atoms with E-state index in [2.05, 4.69) is 17.3 Å². The highest BCUT2D eigenvalue weighted by molar-refractivity contribution is 4.97. The first-order valence-electron chi connectivity index (χ1n) is 7.31. The van der Waals surface area contributed by atoms with Crippen molar-refractivity contribution in [3.63, 3.8) is 0 Å². The van der Waals surface area contributed by atoms with Gasteiger partial charge in [0.2, 0.25) is 0 Å². The van der Waals surface area contributed by atoms with Gasteiger partial charge in [-0.3, -0.25) is 0 Å². The summed E-state index contributed by atoms with van der Waals surface area (Å²) in [4.78, 5) is 2.42. The zero-order valence-electron chi connectivity index (χ0n) is 12.0. The van der Waals surface area contributed by atoms with Gasteiger partial charge in [0.15, 0.2) is 0 Å². The van der Waals surface area contributed by atoms with Crippen LogP contribution in [-0.4, -0.2) is 63.5 Å². The van der Waals surface area contributed by atoms with Gasteiger partial charge in [0.25, 0.3) is 0 Å². The number of methoxy groups -OCH3 is 1. The second kappa shape index (κ2) is 6.85. The van der Waals surface area contributed by atoms with E-state index in [4.69, 9.17) is 9.47 Å². The van der Waals surface area contributed by atoms with Crippen molar-refractivity contribution in [3.05, 3.63) is 0 Å². The molecular formula is C14H28N2O2. The molecule has 3 unspecified atom stereocenters. The zero-order chi connectivity index (χ0) is 13.0. The van der Waals surface area contributed by atoms with Crippen LogP contribution in [0.4, 0.5) is 0 Å². The molecule has 0 radical (unpaired) electrons. The number of nitrogens with zero attached hydrogens (tertiary/aromatic N) is 1. The fraction of sp³-hybridized carbons (Fsp3) is 1.00. The van der Waals surface area contributed by atoms with Crippen LogP contribution in [0.25, 0.3) is 0 Å². The zero-order valence-corrected chi connectivity index (χ0v) is 12.0. The Morgan fingerprint density at radius 1 is 1.28 bits per heavy atom. The summed E-state index contributed by atoms with van der Waals surface area (Å²) >= 11 is 0. The van der Waals surface area contributed by atoms with E-state index in [1.807, 2.05) is 6.92 Å². The molecule has 0 aromatic carbocycles. The maximum absolute atomic E-state index is 5.65. The summed E-state index contributed by atoms with van der Waals surface area (Å²) in [5, 5.41) is 3.67. The van der Waals surface area contributed by atoms with E-state index in [0.29, 0.717) is 12.1 Å². The first kappa shape index (κ1) is 14.3. The molecule has 2 fully saturated rings. The van der Waals surface area contributed by atoms with Gasteiger partial charge in [0.05, 0.1) is 12.2 Å². The van der Waals surface area contributed by atoms with Crippen molar-refractivity contribution in [1.29, 1.82) is 0 Å². The molecule has 4 nitrogen and oxygen atoms in total. The quantitative estimate of drug-likeness (QED) is 0.772. The van der Waals surface area contributed by atoms with Crippen LogP contribution >= 0.6 is 0 Å². The lowest BCUT2D eigenvalue weighted by Gasteiger charge is -2.44. The minimum absolute atomic E-state index is 0.246. The summed E-state index contributed by atoms with van der Waals surface area (Å²) in [7, 11) is 4.00. The number of likely N-dealkylation sites (tertiary alicyclic amines) is 1. The van der Waals surface area contributed by atoms with Crippen LogP contribution in [-0.2, 0) is 9.47 Å². The Hall–Kier alpha value is -0.160. The number of piperidine rings is 1. The Morgan fingerprint density at radius 3 is 2.61 bits per heavy atom. The third-order valence-electron chi connectivity index (χ3n) is 4.41. The first-order valence-corrected chi connectivity index (χ1v) is 7.31. The Balaban J connectivity index is 1.65. The molecule has 2 aliphatic rings. The Labute approximate surface area is 111 Å². The molecule has 1 aliphatic carbocycles. The topological polar surface area (TPSA) is 33.7 Å². The lowest BCUT2D eigenvalue weighted by molar-refractivity contribution is -0.131. The van der Waals surface area contributed by atoms with Crippen LogP contribution < -0.4 is 5.32 Å². The van der Waals surface area contributed by atoms with E-state index in [9.17, 15) is 0 Å². The molecule has 18 heavy (non-hydrogen) atoms. The molecule has 0 aromatic heterocycles. The summed E-state index contributed by atoms with van der Waals surface area (Å²) in [5.41, 5.74) is 0. The molecule has 3 atom stereocenters. The first-order chi connectivity index (χ1) is 8.74. The van der Waals surface area contributed by atoms with Crippen molar-refractivity contribution in [2.24, 2.45) is 5.92 Å². The van der Waals surface area contributed by atoms with Gasteiger partial charge in [-0.15, -0.1) is 0 Å². The van der Waals surface area contributed by atoms with Gasteiger partial charge in [-0.2, -0.15) is 0 Å². The van der Waals surface area contributed by atoms with Crippen LogP contribution in [0.2, 0.25) is 0 Å². The predicted octanol–water partition coefficient (Wildman–Crippen LogP) is 1.11. The van der Waals surface area contributed by atoms with E-state index < -0.39 is 0 Å². The second-order valence-electron chi connectivity index (χ2n) is 5.69. The molecule has 0 bridgehead atoms.